The maximum absolute atomic E-state index is 13.0. The number of nitrogens with zero attached hydrogens (tertiary/aromatic N) is 1. The first-order valence-electron chi connectivity index (χ1n) is 7.97. The summed E-state index contributed by atoms with van der Waals surface area (Å²) in [5.74, 6) is -0.178. The zero-order valence-corrected chi connectivity index (χ0v) is 13.4. The quantitative estimate of drug-likeness (QED) is 0.938. The van der Waals surface area contributed by atoms with Crippen LogP contribution in [0, 0.1) is 5.82 Å². The van der Waals surface area contributed by atoms with E-state index in [2.05, 4.69) is 11.4 Å². The van der Waals surface area contributed by atoms with Crippen molar-refractivity contribution >= 4 is 11.6 Å². The van der Waals surface area contributed by atoms with E-state index in [9.17, 15) is 9.18 Å². The highest BCUT2D eigenvalue weighted by molar-refractivity contribution is 5.98. The Morgan fingerprint density at radius 3 is 2.57 bits per heavy atom. The second kappa shape index (κ2) is 6.50. The van der Waals surface area contributed by atoms with Crippen molar-refractivity contribution in [1.82, 2.24) is 5.32 Å². The van der Waals surface area contributed by atoms with Gasteiger partial charge in [0.15, 0.2) is 0 Å². The fraction of sp³-hybridized carbons (Fsp3) is 0.316. The van der Waals surface area contributed by atoms with E-state index in [1.54, 1.807) is 12.1 Å². The Bertz CT molecular complexity index is 699. The highest BCUT2D eigenvalue weighted by atomic mass is 19.1. The number of nitrogens with one attached hydrogen (secondary N) is 1. The summed E-state index contributed by atoms with van der Waals surface area (Å²) >= 11 is 0. The number of para-hydroxylation sites is 1. The average Bonchev–Trinajstić information content (AvgIpc) is 2.98. The molecule has 0 spiro atoms. The molecule has 120 valence electrons. The Morgan fingerprint density at radius 1 is 1.13 bits per heavy atom. The fourth-order valence-electron chi connectivity index (χ4n) is 3.09. The molecule has 1 aliphatic heterocycles. The number of carbonyl (C=O) groups is 1. The molecule has 0 saturated carbocycles. The van der Waals surface area contributed by atoms with Gasteiger partial charge in [-0.05, 0) is 49.6 Å². The van der Waals surface area contributed by atoms with E-state index >= 15 is 0 Å². The molecule has 3 rings (SSSR count). The zero-order chi connectivity index (χ0) is 16.4. The number of benzene rings is 2. The lowest BCUT2D eigenvalue weighted by Gasteiger charge is -2.25. The molecule has 2 aromatic rings. The minimum absolute atomic E-state index is 0.0209. The van der Waals surface area contributed by atoms with E-state index in [0.29, 0.717) is 0 Å². The van der Waals surface area contributed by atoms with Crippen molar-refractivity contribution in [3.63, 3.8) is 0 Å². The predicted molar refractivity (Wildman–Crippen MR) is 89.9 cm³/mol. The number of hydrogen-bond donors (Lipinski definition) is 1. The Labute approximate surface area is 136 Å². The lowest BCUT2D eigenvalue weighted by Crippen LogP contribution is -2.45. The number of rotatable bonds is 4. The number of hydrogen-bond acceptors (Lipinski definition) is 2. The fourth-order valence-corrected chi connectivity index (χ4v) is 3.09. The van der Waals surface area contributed by atoms with Crippen LogP contribution in [0.5, 0.6) is 0 Å². The highest BCUT2D eigenvalue weighted by Crippen LogP contribution is 2.28. The summed E-state index contributed by atoms with van der Waals surface area (Å²) in [5, 5.41) is 3.31. The third-order valence-electron chi connectivity index (χ3n) is 4.39. The van der Waals surface area contributed by atoms with Gasteiger partial charge in [0, 0.05) is 18.3 Å². The summed E-state index contributed by atoms with van der Waals surface area (Å²) in [5.41, 5.74) is 3.20. The van der Waals surface area contributed by atoms with E-state index in [-0.39, 0.29) is 23.8 Å². The highest BCUT2D eigenvalue weighted by Gasteiger charge is 2.28. The number of halogens is 1. The van der Waals surface area contributed by atoms with Crippen LogP contribution in [0.25, 0.3) is 0 Å². The van der Waals surface area contributed by atoms with Crippen molar-refractivity contribution in [2.45, 2.75) is 32.4 Å². The molecule has 0 unspecified atom stereocenters. The van der Waals surface area contributed by atoms with Crippen LogP contribution in [-0.2, 0) is 11.2 Å². The molecule has 1 amide bonds. The van der Waals surface area contributed by atoms with Crippen molar-refractivity contribution < 1.29 is 9.18 Å². The molecular weight excluding hydrogens is 291 g/mol. The molecule has 1 aliphatic rings. The van der Waals surface area contributed by atoms with Gasteiger partial charge in [0.2, 0.25) is 5.91 Å². The molecule has 0 radical (unpaired) electrons. The van der Waals surface area contributed by atoms with E-state index in [4.69, 9.17) is 0 Å². The van der Waals surface area contributed by atoms with Crippen LogP contribution in [0.4, 0.5) is 10.1 Å². The van der Waals surface area contributed by atoms with Crippen LogP contribution >= 0.6 is 0 Å². The van der Waals surface area contributed by atoms with Gasteiger partial charge < -0.3 is 4.90 Å². The summed E-state index contributed by atoms with van der Waals surface area (Å²) in [6.07, 6.45) is 0.905. The Morgan fingerprint density at radius 2 is 1.83 bits per heavy atom. The van der Waals surface area contributed by atoms with Crippen LogP contribution in [-0.4, -0.2) is 18.5 Å². The molecule has 1 N–H and O–H groups in total. The first-order chi connectivity index (χ1) is 11.1. The predicted octanol–water partition coefficient (Wildman–Crippen LogP) is 3.45. The third-order valence-corrected chi connectivity index (χ3v) is 4.39. The molecule has 0 saturated heterocycles. The van der Waals surface area contributed by atoms with Crippen molar-refractivity contribution in [1.29, 1.82) is 0 Å². The van der Waals surface area contributed by atoms with Gasteiger partial charge in [0.1, 0.15) is 5.82 Å². The molecular formula is C19H21FN2O. The summed E-state index contributed by atoms with van der Waals surface area (Å²) in [4.78, 5) is 14.6. The van der Waals surface area contributed by atoms with Gasteiger partial charge in [-0.2, -0.15) is 0 Å². The van der Waals surface area contributed by atoms with Gasteiger partial charge in [-0.15, -0.1) is 0 Å². The molecule has 23 heavy (non-hydrogen) atoms. The summed E-state index contributed by atoms with van der Waals surface area (Å²) in [6.45, 7) is 4.59. The number of anilines is 1. The average molecular weight is 312 g/mol. The van der Waals surface area contributed by atoms with Gasteiger partial charge in [0.25, 0.3) is 0 Å². The summed E-state index contributed by atoms with van der Waals surface area (Å²) in [7, 11) is 0. The maximum atomic E-state index is 13.0. The van der Waals surface area contributed by atoms with Gasteiger partial charge in [-0.3, -0.25) is 10.1 Å². The van der Waals surface area contributed by atoms with E-state index in [1.165, 1.54) is 17.7 Å². The first-order valence-corrected chi connectivity index (χ1v) is 7.97. The second-order valence-corrected chi connectivity index (χ2v) is 6.03. The second-order valence-electron chi connectivity index (χ2n) is 6.03. The van der Waals surface area contributed by atoms with Gasteiger partial charge in [0.05, 0.1) is 6.04 Å². The number of fused-ring (bicyclic) bond motifs is 1. The van der Waals surface area contributed by atoms with Crippen molar-refractivity contribution in [2.24, 2.45) is 0 Å². The van der Waals surface area contributed by atoms with Crippen LogP contribution in [0.15, 0.2) is 48.5 Å². The molecule has 3 nitrogen and oxygen atoms in total. The number of carbonyl (C=O) groups excluding carboxylic acids is 1. The monoisotopic (exact) mass is 312 g/mol. The standard InChI is InChI=1S/C19H21FN2O/c1-13(15-7-9-17(20)10-8-15)21-14(2)19(23)22-12-11-16-5-3-4-6-18(16)22/h3-10,13-14,21H,11-12H2,1-2H3/t13-,14+/m1/s1. The van der Waals surface area contributed by atoms with Gasteiger partial charge >= 0.3 is 0 Å². The van der Waals surface area contributed by atoms with Gasteiger partial charge in [-0.25, -0.2) is 4.39 Å². The Kier molecular flexibility index (Phi) is 4.44. The van der Waals surface area contributed by atoms with Crippen LogP contribution < -0.4 is 10.2 Å². The van der Waals surface area contributed by atoms with E-state index in [0.717, 1.165) is 24.2 Å². The molecule has 2 aromatic carbocycles. The first kappa shape index (κ1) is 15.7. The van der Waals surface area contributed by atoms with Crippen molar-refractivity contribution in [2.75, 3.05) is 11.4 Å². The van der Waals surface area contributed by atoms with Gasteiger partial charge in [-0.1, -0.05) is 30.3 Å². The summed E-state index contributed by atoms with van der Waals surface area (Å²) < 4.78 is 13.0. The van der Waals surface area contributed by atoms with Crippen LogP contribution in [0.2, 0.25) is 0 Å². The van der Waals surface area contributed by atoms with Crippen LogP contribution in [0.3, 0.4) is 0 Å². The molecule has 1 heterocycles. The third kappa shape index (κ3) is 3.27. The molecule has 4 heteroatoms. The minimum Gasteiger partial charge on any atom is -0.310 e. The minimum atomic E-state index is -0.304. The van der Waals surface area contributed by atoms with Crippen molar-refractivity contribution in [3.05, 3.63) is 65.5 Å². The largest absolute Gasteiger partial charge is 0.310 e. The topological polar surface area (TPSA) is 32.3 Å². The van der Waals surface area contributed by atoms with E-state index in [1.807, 2.05) is 36.9 Å². The molecule has 2 atom stereocenters. The Balaban J connectivity index is 1.67. The van der Waals surface area contributed by atoms with Crippen molar-refractivity contribution in [3.8, 4) is 0 Å². The Hall–Kier alpha value is -2.20. The summed E-state index contributed by atoms with van der Waals surface area (Å²) in [6, 6.07) is 14.1. The molecule has 0 bridgehead atoms. The molecule has 0 fully saturated rings. The molecule has 0 aromatic heterocycles. The maximum Gasteiger partial charge on any atom is 0.243 e. The smallest absolute Gasteiger partial charge is 0.243 e. The van der Waals surface area contributed by atoms with Crippen LogP contribution in [0.1, 0.15) is 31.0 Å². The molecule has 0 aliphatic carbocycles. The SMILES string of the molecule is C[C@H](N[C@H](C)c1ccc(F)cc1)C(=O)N1CCc2ccccc21. The number of amides is 1. The lowest BCUT2D eigenvalue weighted by molar-refractivity contribution is -0.120. The zero-order valence-electron chi connectivity index (χ0n) is 13.4. The lowest BCUT2D eigenvalue weighted by atomic mass is 10.1. The normalized spacial score (nSPS) is 16.0. The van der Waals surface area contributed by atoms with E-state index < -0.39 is 0 Å².